The normalized spacial score (nSPS) is 10.7. The number of unbranched alkanes of at least 4 members (excludes halogenated alkanes) is 1. The van der Waals surface area contributed by atoms with Gasteiger partial charge >= 0.3 is 5.69 Å². The monoisotopic (exact) mass is 423 g/mol. The zero-order valence-corrected chi connectivity index (χ0v) is 17.9. The van der Waals surface area contributed by atoms with Crippen molar-refractivity contribution >= 4 is 46.1 Å². The maximum atomic E-state index is 12.6. The standard InChI is InChI=1S/C19H26ClN5O2S/c1-4-6-10-25-16(21)15(17(26)23-18(25)27)24(9-5-2)19(28)22-13-8-7-12(3)14(20)11-13/h7-8,11H,4-6,9-10,21H2,1-3H3,(H,22,28)(H,23,26,27). The van der Waals surface area contributed by atoms with Crippen LogP contribution in [0.4, 0.5) is 17.2 Å². The molecule has 9 heteroatoms. The number of aryl methyl sites for hydroxylation is 1. The average Bonchev–Trinajstić information content (AvgIpc) is 2.63. The molecule has 0 aliphatic rings. The molecule has 0 bridgehead atoms. The van der Waals surface area contributed by atoms with E-state index in [4.69, 9.17) is 29.6 Å². The average molecular weight is 424 g/mol. The first kappa shape index (κ1) is 22.0. The summed E-state index contributed by atoms with van der Waals surface area (Å²) in [6.07, 6.45) is 2.39. The maximum Gasteiger partial charge on any atom is 0.330 e. The Kier molecular flexibility index (Phi) is 7.65. The first-order valence-corrected chi connectivity index (χ1v) is 10.1. The number of rotatable bonds is 7. The summed E-state index contributed by atoms with van der Waals surface area (Å²) >= 11 is 11.7. The third kappa shape index (κ3) is 4.94. The molecule has 0 saturated carbocycles. The van der Waals surface area contributed by atoms with Crippen molar-refractivity contribution in [3.05, 3.63) is 49.6 Å². The molecule has 2 aromatic rings. The fraction of sp³-hybridized carbons (Fsp3) is 0.421. The zero-order valence-electron chi connectivity index (χ0n) is 16.3. The minimum atomic E-state index is -0.560. The number of thiocarbonyl (C=S) groups is 1. The van der Waals surface area contributed by atoms with Crippen molar-refractivity contribution < 1.29 is 0 Å². The molecule has 1 aromatic heterocycles. The van der Waals surface area contributed by atoms with Crippen LogP contribution in [0.25, 0.3) is 0 Å². The van der Waals surface area contributed by atoms with E-state index < -0.39 is 11.2 Å². The Morgan fingerprint density at radius 3 is 2.64 bits per heavy atom. The largest absolute Gasteiger partial charge is 0.383 e. The van der Waals surface area contributed by atoms with Gasteiger partial charge in [-0.05, 0) is 49.7 Å². The Bertz CT molecular complexity index is 970. The third-order valence-corrected chi connectivity index (χ3v) is 5.06. The summed E-state index contributed by atoms with van der Waals surface area (Å²) < 4.78 is 1.38. The first-order chi connectivity index (χ1) is 13.3. The molecule has 1 aromatic carbocycles. The highest BCUT2D eigenvalue weighted by atomic mass is 35.5. The van der Waals surface area contributed by atoms with E-state index in [1.807, 2.05) is 32.9 Å². The Labute approximate surface area is 174 Å². The van der Waals surface area contributed by atoms with Gasteiger partial charge in [-0.2, -0.15) is 0 Å². The van der Waals surface area contributed by atoms with Crippen LogP contribution in [-0.2, 0) is 6.54 Å². The number of hydrogen-bond donors (Lipinski definition) is 3. The molecule has 1 heterocycles. The van der Waals surface area contributed by atoms with Crippen LogP contribution in [0, 0.1) is 6.92 Å². The summed E-state index contributed by atoms with van der Waals surface area (Å²) in [4.78, 5) is 28.7. The van der Waals surface area contributed by atoms with Gasteiger partial charge in [0.05, 0.1) is 0 Å². The predicted octanol–water partition coefficient (Wildman–Crippen LogP) is 3.49. The Morgan fingerprint density at radius 1 is 1.32 bits per heavy atom. The summed E-state index contributed by atoms with van der Waals surface area (Å²) in [6.45, 7) is 6.79. The van der Waals surface area contributed by atoms with Crippen molar-refractivity contribution in [3.63, 3.8) is 0 Å². The second-order valence-electron chi connectivity index (χ2n) is 6.54. The van der Waals surface area contributed by atoms with E-state index in [1.165, 1.54) is 4.57 Å². The number of anilines is 3. The molecule has 0 spiro atoms. The van der Waals surface area contributed by atoms with Crippen LogP contribution in [-0.4, -0.2) is 21.2 Å². The van der Waals surface area contributed by atoms with Crippen molar-refractivity contribution in [3.8, 4) is 0 Å². The van der Waals surface area contributed by atoms with Gasteiger partial charge in [0.25, 0.3) is 5.56 Å². The number of nitrogen functional groups attached to an aromatic ring is 1. The SMILES string of the molecule is CCCCn1c(N)c(N(CCC)C(=S)Nc2ccc(C)c(Cl)c2)c(=O)[nH]c1=O. The van der Waals surface area contributed by atoms with Gasteiger partial charge in [-0.1, -0.05) is 37.9 Å². The van der Waals surface area contributed by atoms with E-state index in [0.29, 0.717) is 28.9 Å². The summed E-state index contributed by atoms with van der Waals surface area (Å²) in [5.74, 6) is 0.113. The molecule has 0 saturated heterocycles. The zero-order chi connectivity index (χ0) is 20.8. The van der Waals surface area contributed by atoms with Gasteiger partial charge < -0.3 is 16.0 Å². The van der Waals surface area contributed by atoms with Crippen molar-refractivity contribution in [1.82, 2.24) is 9.55 Å². The molecular formula is C19H26ClN5O2S. The molecule has 0 fully saturated rings. The van der Waals surface area contributed by atoms with Crippen LogP contribution in [0.5, 0.6) is 0 Å². The molecule has 152 valence electrons. The second kappa shape index (κ2) is 9.75. The summed E-state index contributed by atoms with van der Waals surface area (Å²) in [7, 11) is 0. The number of H-pyrrole nitrogens is 1. The fourth-order valence-electron chi connectivity index (χ4n) is 2.78. The number of nitrogens with one attached hydrogen (secondary N) is 2. The highest BCUT2D eigenvalue weighted by molar-refractivity contribution is 7.80. The Morgan fingerprint density at radius 2 is 2.04 bits per heavy atom. The quantitative estimate of drug-likeness (QED) is 0.590. The van der Waals surface area contributed by atoms with Crippen LogP contribution >= 0.6 is 23.8 Å². The predicted molar refractivity (Wildman–Crippen MR) is 121 cm³/mol. The van der Waals surface area contributed by atoms with Gasteiger partial charge in [0.1, 0.15) is 5.82 Å². The van der Waals surface area contributed by atoms with Gasteiger partial charge in [-0.3, -0.25) is 14.3 Å². The summed E-state index contributed by atoms with van der Waals surface area (Å²) in [5.41, 5.74) is 6.98. The molecule has 0 amide bonds. The van der Waals surface area contributed by atoms with Gasteiger partial charge in [0.2, 0.25) is 0 Å². The first-order valence-electron chi connectivity index (χ1n) is 9.27. The molecule has 0 radical (unpaired) electrons. The Balaban J connectivity index is 2.44. The molecule has 7 nitrogen and oxygen atoms in total. The molecule has 0 unspecified atom stereocenters. The number of nitrogens with zero attached hydrogens (tertiary/aromatic N) is 2. The van der Waals surface area contributed by atoms with Gasteiger partial charge in [0, 0.05) is 23.8 Å². The van der Waals surface area contributed by atoms with E-state index in [9.17, 15) is 9.59 Å². The molecular weight excluding hydrogens is 398 g/mol. The lowest BCUT2D eigenvalue weighted by Gasteiger charge is -2.27. The van der Waals surface area contributed by atoms with Gasteiger partial charge in [0.15, 0.2) is 10.8 Å². The maximum absolute atomic E-state index is 12.6. The van der Waals surface area contributed by atoms with Gasteiger partial charge in [-0.15, -0.1) is 0 Å². The number of aromatic nitrogens is 2. The molecule has 0 atom stereocenters. The number of nitrogens with two attached hydrogens (primary N) is 1. The second-order valence-corrected chi connectivity index (χ2v) is 7.34. The van der Waals surface area contributed by atoms with Crippen LogP contribution in [0.1, 0.15) is 38.7 Å². The van der Waals surface area contributed by atoms with E-state index in [-0.39, 0.29) is 11.5 Å². The van der Waals surface area contributed by atoms with E-state index in [2.05, 4.69) is 10.3 Å². The fourth-order valence-corrected chi connectivity index (χ4v) is 3.26. The van der Waals surface area contributed by atoms with Crippen LogP contribution in [0.15, 0.2) is 27.8 Å². The van der Waals surface area contributed by atoms with Crippen molar-refractivity contribution in [1.29, 1.82) is 0 Å². The third-order valence-electron chi connectivity index (χ3n) is 4.33. The topological polar surface area (TPSA) is 96.2 Å². The number of benzene rings is 1. The molecule has 28 heavy (non-hydrogen) atoms. The van der Waals surface area contributed by atoms with E-state index in [1.54, 1.807) is 11.0 Å². The minimum Gasteiger partial charge on any atom is -0.383 e. The minimum absolute atomic E-state index is 0.113. The van der Waals surface area contributed by atoms with E-state index >= 15 is 0 Å². The lowest BCUT2D eigenvalue weighted by atomic mass is 10.2. The van der Waals surface area contributed by atoms with E-state index in [0.717, 1.165) is 24.8 Å². The Hall–Kier alpha value is -2.32. The lowest BCUT2D eigenvalue weighted by Crippen LogP contribution is -2.43. The van der Waals surface area contributed by atoms with Crippen LogP contribution in [0.3, 0.4) is 0 Å². The van der Waals surface area contributed by atoms with Gasteiger partial charge in [-0.25, -0.2) is 4.79 Å². The number of halogens is 1. The van der Waals surface area contributed by atoms with Crippen molar-refractivity contribution in [2.45, 2.75) is 46.6 Å². The molecule has 0 aliphatic carbocycles. The van der Waals surface area contributed by atoms with Crippen molar-refractivity contribution in [2.75, 3.05) is 22.5 Å². The van der Waals surface area contributed by atoms with Crippen LogP contribution < -0.4 is 27.2 Å². The van der Waals surface area contributed by atoms with Crippen LogP contribution in [0.2, 0.25) is 5.02 Å². The smallest absolute Gasteiger partial charge is 0.330 e. The lowest BCUT2D eigenvalue weighted by molar-refractivity contribution is 0.604. The van der Waals surface area contributed by atoms with Crippen molar-refractivity contribution in [2.24, 2.45) is 0 Å². The highest BCUT2D eigenvalue weighted by Gasteiger charge is 2.21. The number of hydrogen-bond acceptors (Lipinski definition) is 4. The molecule has 2 rings (SSSR count). The number of aromatic amines is 1. The highest BCUT2D eigenvalue weighted by Crippen LogP contribution is 2.22. The molecule has 0 aliphatic heterocycles. The molecule has 4 N–H and O–H groups in total. The summed E-state index contributed by atoms with van der Waals surface area (Å²) in [6, 6.07) is 5.50. The summed E-state index contributed by atoms with van der Waals surface area (Å²) in [5, 5.41) is 4.02.